The summed E-state index contributed by atoms with van der Waals surface area (Å²) in [5.74, 6) is -1.47. The first-order chi connectivity index (χ1) is 18.8. The highest BCUT2D eigenvalue weighted by atomic mass is 35.5. The second-order valence-electron chi connectivity index (χ2n) is 11.4. The molecule has 0 unspecified atom stereocenters. The van der Waals surface area contributed by atoms with Crippen LogP contribution < -0.4 is 10.6 Å². The Morgan fingerprint density at radius 2 is 1.88 bits per heavy atom. The van der Waals surface area contributed by atoms with E-state index in [0.29, 0.717) is 28.4 Å². The average molecular weight is 585 g/mol. The van der Waals surface area contributed by atoms with Gasteiger partial charge in [-0.15, -0.1) is 0 Å². The summed E-state index contributed by atoms with van der Waals surface area (Å²) >= 11 is 12.5. The molecule has 2 heterocycles. The normalized spacial score (nSPS) is 21.9. The molecule has 0 bridgehead atoms. The monoisotopic (exact) mass is 584 g/mol. The molecule has 11 heteroatoms. The number of nitro groups is 1. The van der Waals surface area contributed by atoms with Crippen molar-refractivity contribution >= 4 is 52.2 Å². The third-order valence-electron chi connectivity index (χ3n) is 7.58. The van der Waals surface area contributed by atoms with Gasteiger partial charge in [0.2, 0.25) is 5.91 Å². The number of nitrogens with one attached hydrogen (secondary N) is 2. The van der Waals surface area contributed by atoms with Gasteiger partial charge in [0.25, 0.3) is 5.69 Å². The third kappa shape index (κ3) is 4.67. The minimum absolute atomic E-state index is 0.112. The number of hydrogen-bond donors (Lipinski definition) is 2. The van der Waals surface area contributed by atoms with Crippen molar-refractivity contribution in [2.75, 3.05) is 17.2 Å². The maximum Gasteiger partial charge on any atom is 0.322 e. The number of nitrogens with zero attached hydrogens (tertiary/aromatic N) is 2. The molecule has 8 nitrogen and oxygen atoms in total. The first-order valence-electron chi connectivity index (χ1n) is 12.7. The maximum atomic E-state index is 15.8. The van der Waals surface area contributed by atoms with Gasteiger partial charge in [-0.25, -0.2) is 9.18 Å². The van der Waals surface area contributed by atoms with Crippen LogP contribution in [0.4, 0.5) is 26.2 Å². The van der Waals surface area contributed by atoms with Crippen LogP contribution in [0.15, 0.2) is 60.7 Å². The van der Waals surface area contributed by atoms with Crippen molar-refractivity contribution < 1.29 is 18.9 Å². The highest BCUT2D eigenvalue weighted by molar-refractivity contribution is 6.31. The molecule has 5 rings (SSSR count). The van der Waals surface area contributed by atoms with E-state index in [0.717, 1.165) is 0 Å². The zero-order valence-corrected chi connectivity index (χ0v) is 23.5. The third-order valence-corrected chi connectivity index (χ3v) is 8.11. The first kappa shape index (κ1) is 27.9. The molecule has 3 amide bonds. The number of carbonyl (C=O) groups excluding carboxylic acids is 2. The van der Waals surface area contributed by atoms with Crippen LogP contribution in [0.2, 0.25) is 10.0 Å². The topological polar surface area (TPSA) is 105 Å². The number of anilines is 2. The first-order valence-corrected chi connectivity index (χ1v) is 13.5. The number of amides is 3. The molecule has 40 heavy (non-hydrogen) atoms. The van der Waals surface area contributed by atoms with E-state index >= 15 is 4.39 Å². The van der Waals surface area contributed by atoms with Crippen LogP contribution in [0.1, 0.15) is 44.4 Å². The van der Waals surface area contributed by atoms with Crippen LogP contribution in [-0.4, -0.2) is 28.3 Å². The van der Waals surface area contributed by atoms with Gasteiger partial charge in [-0.2, -0.15) is 0 Å². The van der Waals surface area contributed by atoms with Gasteiger partial charge in [-0.3, -0.25) is 14.9 Å². The number of nitro benzene ring substituents is 1. The van der Waals surface area contributed by atoms with E-state index in [1.807, 2.05) is 20.8 Å². The summed E-state index contributed by atoms with van der Waals surface area (Å²) in [5.41, 5.74) is -0.133. The predicted octanol–water partition coefficient (Wildman–Crippen LogP) is 7.57. The molecule has 208 valence electrons. The van der Waals surface area contributed by atoms with Gasteiger partial charge in [0.15, 0.2) is 0 Å². The van der Waals surface area contributed by atoms with Gasteiger partial charge in [-0.05, 0) is 53.6 Å². The minimum atomic E-state index is -1.34. The van der Waals surface area contributed by atoms with Crippen LogP contribution >= 0.6 is 23.2 Å². The summed E-state index contributed by atoms with van der Waals surface area (Å²) < 4.78 is 15.8. The van der Waals surface area contributed by atoms with Crippen molar-refractivity contribution in [1.29, 1.82) is 0 Å². The lowest BCUT2D eigenvalue weighted by molar-refractivity contribution is -0.384. The number of carbonyl (C=O) groups is 2. The number of halogens is 3. The minimum Gasteiger partial charge on any atom is -0.325 e. The molecule has 3 atom stereocenters. The molecule has 2 N–H and O–H groups in total. The Bertz CT molecular complexity index is 1530. The predicted molar refractivity (Wildman–Crippen MR) is 152 cm³/mol. The Balaban J connectivity index is 1.69. The Hall–Kier alpha value is -3.69. The average Bonchev–Trinajstić information content (AvgIpc) is 3.35. The molecular formula is C29H27Cl2FN4O4. The maximum absolute atomic E-state index is 15.8. The molecular weight excluding hydrogens is 558 g/mol. The number of hydrogen-bond acceptors (Lipinski definition) is 4. The molecule has 1 spiro atoms. The van der Waals surface area contributed by atoms with Crippen molar-refractivity contribution in [3.8, 4) is 0 Å². The Morgan fingerprint density at radius 3 is 2.52 bits per heavy atom. The van der Waals surface area contributed by atoms with Crippen LogP contribution in [-0.2, 0) is 10.2 Å². The highest BCUT2D eigenvalue weighted by Gasteiger charge is 2.65. The lowest BCUT2D eigenvalue weighted by Gasteiger charge is -2.38. The standard InChI is InChI=1S/C29H27Cl2FN4O4/c1-28(2,3)14-16-15-35(27(38)33-18-8-10-19(11-9-18)36(39)40)25(20-5-4-6-22(31)24(20)32)29(16)21-12-7-17(30)13-23(21)34-26(29)37/h4-13,16,25H,14-15H2,1-3H3,(H,33,38)(H,34,37)/t16-,25-,29+/m1/s1. The molecule has 3 aromatic rings. The molecule has 0 aliphatic carbocycles. The molecule has 0 aromatic heterocycles. The molecule has 1 saturated heterocycles. The van der Waals surface area contributed by atoms with Gasteiger partial charge < -0.3 is 15.5 Å². The fraction of sp³-hybridized carbons (Fsp3) is 0.310. The van der Waals surface area contributed by atoms with Crippen molar-refractivity contribution in [2.24, 2.45) is 11.3 Å². The fourth-order valence-electron chi connectivity index (χ4n) is 6.13. The Kier molecular flexibility index (Phi) is 7.00. The van der Waals surface area contributed by atoms with E-state index in [1.54, 1.807) is 30.3 Å². The van der Waals surface area contributed by atoms with E-state index in [4.69, 9.17) is 23.2 Å². The number of likely N-dealkylation sites (tertiary alicyclic amines) is 1. The second-order valence-corrected chi connectivity index (χ2v) is 12.3. The van der Waals surface area contributed by atoms with Gasteiger partial charge >= 0.3 is 6.03 Å². The number of rotatable bonds is 4. The summed E-state index contributed by atoms with van der Waals surface area (Å²) in [6, 6.07) is 13.4. The molecule has 0 saturated carbocycles. The van der Waals surface area contributed by atoms with E-state index in [-0.39, 0.29) is 34.1 Å². The summed E-state index contributed by atoms with van der Waals surface area (Å²) in [6.07, 6.45) is 0.544. The lowest BCUT2D eigenvalue weighted by atomic mass is 9.63. The quantitative estimate of drug-likeness (QED) is 0.243. The fourth-order valence-corrected chi connectivity index (χ4v) is 6.49. The highest BCUT2D eigenvalue weighted by Crippen LogP contribution is 2.60. The molecule has 2 aliphatic heterocycles. The van der Waals surface area contributed by atoms with Crippen LogP contribution in [0.5, 0.6) is 0 Å². The van der Waals surface area contributed by atoms with Crippen molar-refractivity contribution in [3.63, 3.8) is 0 Å². The van der Waals surface area contributed by atoms with Gasteiger partial charge in [-0.1, -0.05) is 62.2 Å². The van der Waals surface area contributed by atoms with Crippen LogP contribution in [0.3, 0.4) is 0 Å². The smallest absolute Gasteiger partial charge is 0.322 e. The molecule has 1 fully saturated rings. The van der Waals surface area contributed by atoms with Crippen molar-refractivity contribution in [1.82, 2.24) is 4.90 Å². The Morgan fingerprint density at radius 1 is 1.18 bits per heavy atom. The second kappa shape index (κ2) is 10.1. The summed E-state index contributed by atoms with van der Waals surface area (Å²) in [4.78, 5) is 40.0. The van der Waals surface area contributed by atoms with Crippen LogP contribution in [0.25, 0.3) is 0 Å². The molecule has 0 radical (unpaired) electrons. The van der Waals surface area contributed by atoms with Gasteiger partial charge in [0, 0.05) is 40.6 Å². The SMILES string of the molecule is CC(C)(C)C[C@@H]1CN(C(=O)Nc2ccc([N+](=O)[O-])cc2)[C@H](c2cccc(Cl)c2F)[C@]12C(=O)Nc1cc(Cl)ccc12. The largest absolute Gasteiger partial charge is 0.325 e. The zero-order valence-electron chi connectivity index (χ0n) is 22.0. The van der Waals surface area contributed by atoms with E-state index in [2.05, 4.69) is 10.6 Å². The molecule has 3 aromatic carbocycles. The van der Waals surface area contributed by atoms with Crippen LogP contribution in [0, 0.1) is 27.3 Å². The summed E-state index contributed by atoms with van der Waals surface area (Å²) in [7, 11) is 0. The lowest BCUT2D eigenvalue weighted by Crippen LogP contribution is -2.47. The molecule has 2 aliphatic rings. The van der Waals surface area contributed by atoms with E-state index in [9.17, 15) is 19.7 Å². The number of urea groups is 1. The number of non-ortho nitro benzene ring substituents is 1. The number of fused-ring (bicyclic) bond motifs is 2. The van der Waals surface area contributed by atoms with Crippen molar-refractivity contribution in [3.05, 3.63) is 97.8 Å². The van der Waals surface area contributed by atoms with Gasteiger partial charge in [0.1, 0.15) is 11.2 Å². The summed E-state index contributed by atoms with van der Waals surface area (Å²) in [6.45, 7) is 6.28. The van der Waals surface area contributed by atoms with E-state index < -0.39 is 34.1 Å². The van der Waals surface area contributed by atoms with E-state index in [1.165, 1.54) is 35.2 Å². The zero-order chi connectivity index (χ0) is 29.0. The number of benzene rings is 3. The Labute approximate surface area is 240 Å². The van der Waals surface area contributed by atoms with Crippen molar-refractivity contribution in [2.45, 2.75) is 38.6 Å². The van der Waals surface area contributed by atoms with Gasteiger partial charge in [0.05, 0.1) is 16.0 Å². The summed E-state index contributed by atoms with van der Waals surface area (Å²) in [5, 5.41) is 17.1.